The van der Waals surface area contributed by atoms with Gasteiger partial charge in [0.1, 0.15) is 11.4 Å². The number of aromatic nitrogens is 1. The first-order chi connectivity index (χ1) is 15.9. The van der Waals surface area contributed by atoms with Crippen molar-refractivity contribution in [3.05, 3.63) is 59.8 Å². The zero-order valence-corrected chi connectivity index (χ0v) is 19.4. The Bertz CT molecular complexity index is 1010. The van der Waals surface area contributed by atoms with Crippen molar-refractivity contribution < 1.29 is 14.4 Å². The van der Waals surface area contributed by atoms with E-state index in [1.807, 2.05) is 36.9 Å². The minimum Gasteiger partial charge on any atom is -0.443 e. The monoisotopic (exact) mass is 469 g/mol. The molecule has 0 bridgehead atoms. The first-order valence-electron chi connectivity index (χ1n) is 10.4. The molecular formula is C22H27N7O3S. The third-order valence-electron chi connectivity index (χ3n) is 5.04. The third-order valence-corrected chi connectivity index (χ3v) is 6.03. The van der Waals surface area contributed by atoms with E-state index in [0.29, 0.717) is 17.1 Å². The number of nitrogens with zero attached hydrogens (tertiary/aromatic N) is 4. The van der Waals surface area contributed by atoms with Crippen molar-refractivity contribution in [2.45, 2.75) is 32.0 Å². The van der Waals surface area contributed by atoms with Gasteiger partial charge in [0, 0.05) is 12.6 Å². The van der Waals surface area contributed by atoms with Gasteiger partial charge in [-0.1, -0.05) is 46.8 Å². The number of amides is 1. The highest BCUT2D eigenvalue weighted by atomic mass is 32.2. The normalized spacial score (nSPS) is 15.3. The fourth-order valence-corrected chi connectivity index (χ4v) is 4.44. The standard InChI is InChI=1S/C22H27N7O3S/c1-22(11-13-33-14-12-22)32-21(30)26-18-10-6-9-17(25-18)15-31-27-19(20(23)29(2)28-24)16-7-4-3-5-8-16/h3-10,23-24H,11-15H2,1-2H3,(H,25,26,30)/b23-20?,27-19-,28-24?. The van der Waals surface area contributed by atoms with E-state index in [1.54, 1.807) is 30.3 Å². The van der Waals surface area contributed by atoms with Crippen LogP contribution in [0.2, 0.25) is 0 Å². The van der Waals surface area contributed by atoms with Crippen molar-refractivity contribution >= 4 is 35.2 Å². The zero-order chi connectivity index (χ0) is 23.7. The number of amidine groups is 1. The lowest BCUT2D eigenvalue weighted by Gasteiger charge is -2.32. The van der Waals surface area contributed by atoms with Crippen molar-refractivity contribution in [1.82, 2.24) is 9.99 Å². The van der Waals surface area contributed by atoms with Gasteiger partial charge in [0.15, 0.2) is 18.2 Å². The third kappa shape index (κ3) is 7.01. The summed E-state index contributed by atoms with van der Waals surface area (Å²) in [5.74, 6) is 2.21. The molecule has 0 saturated carbocycles. The Morgan fingerprint density at radius 1 is 1.21 bits per heavy atom. The summed E-state index contributed by atoms with van der Waals surface area (Å²) in [5, 5.41) is 19.3. The molecule has 2 heterocycles. The molecule has 1 saturated heterocycles. The smallest absolute Gasteiger partial charge is 0.413 e. The Morgan fingerprint density at radius 2 is 1.94 bits per heavy atom. The summed E-state index contributed by atoms with van der Waals surface area (Å²) in [5.41, 5.74) is 8.10. The molecule has 1 aliphatic rings. The van der Waals surface area contributed by atoms with Crippen LogP contribution in [0, 0.1) is 10.9 Å². The van der Waals surface area contributed by atoms with E-state index in [9.17, 15) is 4.79 Å². The van der Waals surface area contributed by atoms with Crippen molar-refractivity contribution in [1.29, 1.82) is 10.9 Å². The molecule has 0 radical (unpaired) electrons. The molecule has 2 aromatic rings. The van der Waals surface area contributed by atoms with Gasteiger partial charge in [0.25, 0.3) is 0 Å². The van der Waals surface area contributed by atoms with Crippen LogP contribution < -0.4 is 5.32 Å². The number of oxime groups is 1. The number of likely N-dealkylation sites (N-methyl/N-ethyl adjacent to an activating group) is 1. The highest BCUT2D eigenvalue weighted by Crippen LogP contribution is 2.30. The highest BCUT2D eigenvalue weighted by Gasteiger charge is 2.31. The number of carbonyl (C=O) groups excluding carboxylic acids is 1. The number of benzene rings is 1. The van der Waals surface area contributed by atoms with E-state index in [4.69, 9.17) is 20.5 Å². The maximum Gasteiger partial charge on any atom is 0.413 e. The molecule has 0 aliphatic carbocycles. The summed E-state index contributed by atoms with van der Waals surface area (Å²) in [4.78, 5) is 22.2. The second kappa shape index (κ2) is 11.4. The van der Waals surface area contributed by atoms with E-state index in [2.05, 4.69) is 20.7 Å². The van der Waals surface area contributed by atoms with E-state index >= 15 is 0 Å². The van der Waals surface area contributed by atoms with Crippen molar-refractivity contribution in [2.75, 3.05) is 23.9 Å². The first-order valence-corrected chi connectivity index (χ1v) is 11.5. The van der Waals surface area contributed by atoms with Crippen LogP contribution in [0.4, 0.5) is 10.6 Å². The maximum absolute atomic E-state index is 12.3. The average Bonchev–Trinajstić information content (AvgIpc) is 2.81. The molecule has 10 nitrogen and oxygen atoms in total. The quantitative estimate of drug-likeness (QED) is 0.222. The number of anilines is 1. The van der Waals surface area contributed by atoms with Gasteiger partial charge < -0.3 is 9.57 Å². The number of carbonyl (C=O) groups is 1. The van der Waals surface area contributed by atoms with Gasteiger partial charge in [-0.3, -0.25) is 10.7 Å². The number of hydrogen-bond acceptors (Lipinski definition) is 9. The number of hydrogen-bond donors (Lipinski definition) is 3. The Morgan fingerprint density at radius 3 is 2.64 bits per heavy atom. The lowest BCUT2D eigenvalue weighted by molar-refractivity contribution is 0.0279. The Kier molecular flexibility index (Phi) is 8.36. The van der Waals surface area contributed by atoms with Crippen LogP contribution in [0.5, 0.6) is 0 Å². The van der Waals surface area contributed by atoms with Gasteiger partial charge in [-0.2, -0.15) is 17.3 Å². The van der Waals surface area contributed by atoms with Crippen LogP contribution in [0.3, 0.4) is 0 Å². The van der Waals surface area contributed by atoms with Gasteiger partial charge in [-0.05, 0) is 43.4 Å². The molecule has 1 aromatic carbocycles. The van der Waals surface area contributed by atoms with Gasteiger partial charge >= 0.3 is 6.09 Å². The predicted molar refractivity (Wildman–Crippen MR) is 128 cm³/mol. The van der Waals surface area contributed by atoms with E-state index < -0.39 is 11.7 Å². The molecule has 174 valence electrons. The van der Waals surface area contributed by atoms with E-state index in [0.717, 1.165) is 29.4 Å². The Labute approximate surface area is 196 Å². The molecule has 1 amide bonds. The number of thioether (sulfide) groups is 1. The Hall–Kier alpha value is -3.47. The Balaban J connectivity index is 1.64. The molecule has 1 aliphatic heterocycles. The van der Waals surface area contributed by atoms with E-state index in [-0.39, 0.29) is 18.2 Å². The summed E-state index contributed by atoms with van der Waals surface area (Å²) in [6.07, 6.45) is 1.12. The molecule has 1 aromatic heterocycles. The van der Waals surface area contributed by atoms with Gasteiger partial charge in [0.2, 0.25) is 0 Å². The molecule has 1 fully saturated rings. The van der Waals surface area contributed by atoms with Gasteiger partial charge in [-0.25, -0.2) is 14.8 Å². The van der Waals surface area contributed by atoms with Crippen LogP contribution in [0.1, 0.15) is 31.0 Å². The first kappa shape index (κ1) is 24.2. The second-order valence-corrected chi connectivity index (χ2v) is 8.87. The zero-order valence-electron chi connectivity index (χ0n) is 18.6. The SMILES string of the molecule is CN(N=N)C(=N)/C(=N\OCc1cccc(NC(=O)OC2(C)CCSCC2)n1)c1ccccc1. The molecule has 0 atom stereocenters. The van der Waals surface area contributed by atoms with E-state index in [1.165, 1.54) is 7.05 Å². The van der Waals surface area contributed by atoms with Crippen LogP contribution in [0.25, 0.3) is 0 Å². The van der Waals surface area contributed by atoms with Crippen molar-refractivity contribution in [3.63, 3.8) is 0 Å². The fraction of sp³-hybridized carbons (Fsp3) is 0.364. The topological polar surface area (TPSA) is 136 Å². The maximum atomic E-state index is 12.3. The molecule has 0 spiro atoms. The minimum absolute atomic E-state index is 0.0187. The number of rotatable bonds is 8. The number of pyridine rings is 1. The molecule has 11 heteroatoms. The highest BCUT2D eigenvalue weighted by molar-refractivity contribution is 7.99. The number of ether oxygens (including phenoxy) is 1. The molecular weight excluding hydrogens is 442 g/mol. The van der Waals surface area contributed by atoms with Crippen LogP contribution >= 0.6 is 11.8 Å². The summed E-state index contributed by atoms with van der Waals surface area (Å²) < 4.78 is 5.63. The van der Waals surface area contributed by atoms with Crippen molar-refractivity contribution in [3.8, 4) is 0 Å². The summed E-state index contributed by atoms with van der Waals surface area (Å²) >= 11 is 1.86. The second-order valence-electron chi connectivity index (χ2n) is 7.64. The molecule has 3 N–H and O–H groups in total. The van der Waals surface area contributed by atoms with Gasteiger partial charge in [0.05, 0.1) is 5.69 Å². The van der Waals surface area contributed by atoms with Crippen molar-refractivity contribution in [2.24, 2.45) is 10.4 Å². The number of nitrogens with one attached hydrogen (secondary N) is 3. The average molecular weight is 470 g/mol. The fourth-order valence-electron chi connectivity index (χ4n) is 3.08. The summed E-state index contributed by atoms with van der Waals surface area (Å²) in [6.45, 7) is 1.97. The lowest BCUT2D eigenvalue weighted by Crippen LogP contribution is -2.37. The molecule has 3 rings (SSSR count). The van der Waals surface area contributed by atoms with Crippen LogP contribution in [-0.2, 0) is 16.2 Å². The molecule has 33 heavy (non-hydrogen) atoms. The summed E-state index contributed by atoms with van der Waals surface area (Å²) in [6, 6.07) is 14.2. The van der Waals surface area contributed by atoms with Crippen LogP contribution in [0.15, 0.2) is 58.9 Å². The van der Waals surface area contributed by atoms with Gasteiger partial charge in [-0.15, -0.1) is 0 Å². The largest absolute Gasteiger partial charge is 0.443 e. The minimum atomic E-state index is -0.532. The molecule has 0 unspecified atom stereocenters. The van der Waals surface area contributed by atoms with Crippen LogP contribution in [-0.4, -0.2) is 51.8 Å². The lowest BCUT2D eigenvalue weighted by atomic mass is 10.00. The summed E-state index contributed by atoms with van der Waals surface area (Å²) in [7, 11) is 1.48. The predicted octanol–water partition coefficient (Wildman–Crippen LogP) is 4.69.